The van der Waals surface area contributed by atoms with Gasteiger partial charge in [0.25, 0.3) is 0 Å². The highest BCUT2D eigenvalue weighted by Crippen LogP contribution is 1.92. The normalized spacial score (nSPS) is 9.86. The molecular weight excluding hydrogens is 182 g/mol. The second-order valence-corrected chi connectivity index (χ2v) is 2.90. The van der Waals surface area contributed by atoms with Gasteiger partial charge in [-0.2, -0.15) is 0 Å². The van der Waals surface area contributed by atoms with Gasteiger partial charge in [-0.1, -0.05) is 13.0 Å². The Balaban J connectivity index is 3.81. The second kappa shape index (κ2) is 8.72. The molecule has 4 heteroatoms. The molecule has 0 fully saturated rings. The van der Waals surface area contributed by atoms with Gasteiger partial charge in [0.05, 0.1) is 6.61 Å². The van der Waals surface area contributed by atoms with Crippen molar-refractivity contribution in [1.29, 1.82) is 0 Å². The van der Waals surface area contributed by atoms with Gasteiger partial charge in [0.1, 0.15) is 6.61 Å². The standard InChI is InChI=1S/C10H19NO3/c1-3-5-11(6-7-12)10(13)9-14-8-4-2/h3,12H,1,4-9H2,2H3. The summed E-state index contributed by atoms with van der Waals surface area (Å²) in [6.45, 7) is 6.96. The summed E-state index contributed by atoms with van der Waals surface area (Å²) < 4.78 is 5.11. The number of amides is 1. The topological polar surface area (TPSA) is 49.8 Å². The van der Waals surface area contributed by atoms with Crippen LogP contribution in [0.4, 0.5) is 0 Å². The van der Waals surface area contributed by atoms with Crippen LogP contribution in [0.3, 0.4) is 0 Å². The summed E-state index contributed by atoms with van der Waals surface area (Å²) >= 11 is 0. The smallest absolute Gasteiger partial charge is 0.248 e. The van der Waals surface area contributed by atoms with Gasteiger partial charge in [0.15, 0.2) is 0 Å². The van der Waals surface area contributed by atoms with Gasteiger partial charge < -0.3 is 14.7 Å². The van der Waals surface area contributed by atoms with E-state index in [1.807, 2.05) is 6.92 Å². The van der Waals surface area contributed by atoms with Crippen molar-refractivity contribution in [2.75, 3.05) is 32.9 Å². The number of aliphatic hydroxyl groups is 1. The molecule has 0 rings (SSSR count). The quantitative estimate of drug-likeness (QED) is 0.457. The lowest BCUT2D eigenvalue weighted by Gasteiger charge is -2.19. The first kappa shape index (κ1) is 13.1. The zero-order valence-corrected chi connectivity index (χ0v) is 8.74. The zero-order valence-electron chi connectivity index (χ0n) is 8.74. The van der Waals surface area contributed by atoms with Crippen LogP contribution in [0.2, 0.25) is 0 Å². The van der Waals surface area contributed by atoms with Crippen molar-refractivity contribution < 1.29 is 14.6 Å². The van der Waals surface area contributed by atoms with Gasteiger partial charge in [-0.15, -0.1) is 6.58 Å². The number of rotatable bonds is 8. The fraction of sp³-hybridized carbons (Fsp3) is 0.700. The molecule has 0 aromatic rings. The summed E-state index contributed by atoms with van der Waals surface area (Å²) in [6.07, 6.45) is 2.53. The minimum absolute atomic E-state index is 0.0344. The molecule has 0 aliphatic carbocycles. The van der Waals surface area contributed by atoms with Crippen LogP contribution in [-0.2, 0) is 9.53 Å². The highest BCUT2D eigenvalue weighted by atomic mass is 16.5. The second-order valence-electron chi connectivity index (χ2n) is 2.90. The molecule has 0 aliphatic heterocycles. The molecule has 0 spiro atoms. The monoisotopic (exact) mass is 201 g/mol. The molecule has 14 heavy (non-hydrogen) atoms. The average molecular weight is 201 g/mol. The summed E-state index contributed by atoms with van der Waals surface area (Å²) in [5.74, 6) is -0.104. The molecule has 0 unspecified atom stereocenters. The maximum absolute atomic E-state index is 11.4. The van der Waals surface area contributed by atoms with Crippen LogP contribution >= 0.6 is 0 Å². The van der Waals surface area contributed by atoms with Crippen LogP contribution in [0.25, 0.3) is 0 Å². The van der Waals surface area contributed by atoms with E-state index in [0.717, 1.165) is 6.42 Å². The van der Waals surface area contributed by atoms with E-state index in [9.17, 15) is 4.79 Å². The predicted octanol–water partition coefficient (Wildman–Crippen LogP) is 0.420. The molecular formula is C10H19NO3. The van der Waals surface area contributed by atoms with Crippen LogP contribution in [0.5, 0.6) is 0 Å². The van der Waals surface area contributed by atoms with Gasteiger partial charge >= 0.3 is 0 Å². The van der Waals surface area contributed by atoms with Crippen molar-refractivity contribution in [2.45, 2.75) is 13.3 Å². The van der Waals surface area contributed by atoms with Crippen molar-refractivity contribution in [3.05, 3.63) is 12.7 Å². The molecule has 82 valence electrons. The van der Waals surface area contributed by atoms with Crippen LogP contribution < -0.4 is 0 Å². The van der Waals surface area contributed by atoms with E-state index >= 15 is 0 Å². The van der Waals surface area contributed by atoms with Crippen LogP contribution in [0, 0.1) is 0 Å². The predicted molar refractivity (Wildman–Crippen MR) is 55.0 cm³/mol. The fourth-order valence-corrected chi connectivity index (χ4v) is 0.989. The Hall–Kier alpha value is -0.870. The molecule has 0 aromatic heterocycles. The Labute approximate surface area is 85.2 Å². The highest BCUT2D eigenvalue weighted by molar-refractivity contribution is 5.77. The number of aliphatic hydroxyl groups excluding tert-OH is 1. The Bertz CT molecular complexity index is 171. The fourth-order valence-electron chi connectivity index (χ4n) is 0.989. The summed E-state index contributed by atoms with van der Waals surface area (Å²) in [4.78, 5) is 13.0. The molecule has 0 bridgehead atoms. The molecule has 0 saturated heterocycles. The third-order valence-corrected chi connectivity index (χ3v) is 1.65. The average Bonchev–Trinajstić information content (AvgIpc) is 2.18. The number of carbonyl (C=O) groups excluding carboxylic acids is 1. The van der Waals surface area contributed by atoms with Crippen molar-refractivity contribution in [1.82, 2.24) is 4.90 Å². The van der Waals surface area contributed by atoms with E-state index in [2.05, 4.69) is 6.58 Å². The summed E-state index contributed by atoms with van der Waals surface area (Å²) in [5, 5.41) is 8.71. The minimum atomic E-state index is -0.104. The first-order valence-corrected chi connectivity index (χ1v) is 4.83. The summed E-state index contributed by atoms with van der Waals surface area (Å²) in [5.41, 5.74) is 0. The first-order valence-electron chi connectivity index (χ1n) is 4.83. The molecule has 0 radical (unpaired) electrons. The van der Waals surface area contributed by atoms with Crippen LogP contribution in [0.15, 0.2) is 12.7 Å². The van der Waals surface area contributed by atoms with Gasteiger partial charge in [0.2, 0.25) is 5.91 Å². The van der Waals surface area contributed by atoms with Gasteiger partial charge in [-0.3, -0.25) is 4.79 Å². The number of carbonyl (C=O) groups is 1. The maximum atomic E-state index is 11.4. The maximum Gasteiger partial charge on any atom is 0.248 e. The Morgan fingerprint density at radius 1 is 1.64 bits per heavy atom. The van der Waals surface area contributed by atoms with E-state index in [4.69, 9.17) is 9.84 Å². The molecule has 0 saturated carbocycles. The molecule has 0 aliphatic rings. The van der Waals surface area contributed by atoms with E-state index in [1.54, 1.807) is 6.08 Å². The van der Waals surface area contributed by atoms with Crippen molar-refractivity contribution in [2.24, 2.45) is 0 Å². The first-order chi connectivity index (χ1) is 6.76. The number of hydrogen-bond donors (Lipinski definition) is 1. The molecule has 4 nitrogen and oxygen atoms in total. The van der Waals surface area contributed by atoms with E-state index in [-0.39, 0.29) is 19.1 Å². The highest BCUT2D eigenvalue weighted by Gasteiger charge is 2.10. The summed E-state index contributed by atoms with van der Waals surface area (Å²) in [7, 11) is 0. The number of hydrogen-bond acceptors (Lipinski definition) is 3. The zero-order chi connectivity index (χ0) is 10.8. The van der Waals surface area contributed by atoms with Gasteiger partial charge in [-0.05, 0) is 6.42 Å². The van der Waals surface area contributed by atoms with E-state index in [1.165, 1.54) is 4.90 Å². The van der Waals surface area contributed by atoms with E-state index in [0.29, 0.717) is 19.7 Å². The van der Waals surface area contributed by atoms with Crippen LogP contribution in [-0.4, -0.2) is 48.8 Å². The van der Waals surface area contributed by atoms with Crippen molar-refractivity contribution in [3.8, 4) is 0 Å². The third kappa shape index (κ3) is 5.72. The van der Waals surface area contributed by atoms with E-state index < -0.39 is 0 Å². The van der Waals surface area contributed by atoms with Gasteiger partial charge in [0, 0.05) is 19.7 Å². The Morgan fingerprint density at radius 3 is 2.86 bits per heavy atom. The summed E-state index contributed by atoms with van der Waals surface area (Å²) in [6, 6.07) is 0. The number of nitrogens with zero attached hydrogens (tertiary/aromatic N) is 1. The van der Waals surface area contributed by atoms with Crippen molar-refractivity contribution >= 4 is 5.91 Å². The lowest BCUT2D eigenvalue weighted by atomic mass is 10.4. The van der Waals surface area contributed by atoms with Gasteiger partial charge in [-0.25, -0.2) is 0 Å². The Kier molecular flexibility index (Phi) is 8.17. The molecule has 0 aromatic carbocycles. The lowest BCUT2D eigenvalue weighted by Crippen LogP contribution is -2.36. The van der Waals surface area contributed by atoms with Crippen molar-refractivity contribution in [3.63, 3.8) is 0 Å². The molecule has 0 atom stereocenters. The lowest BCUT2D eigenvalue weighted by molar-refractivity contribution is -0.136. The minimum Gasteiger partial charge on any atom is -0.395 e. The molecule has 0 heterocycles. The SMILES string of the molecule is C=CCN(CCO)C(=O)COCCC. The molecule has 1 amide bonds. The van der Waals surface area contributed by atoms with Crippen LogP contribution in [0.1, 0.15) is 13.3 Å². The number of ether oxygens (including phenoxy) is 1. The molecule has 1 N–H and O–H groups in total. The largest absolute Gasteiger partial charge is 0.395 e. The Morgan fingerprint density at radius 2 is 2.36 bits per heavy atom. The third-order valence-electron chi connectivity index (χ3n) is 1.65.